The summed E-state index contributed by atoms with van der Waals surface area (Å²) in [6, 6.07) is 8.53. The Morgan fingerprint density at radius 3 is 1.19 bits per heavy atom. The van der Waals surface area contributed by atoms with Crippen molar-refractivity contribution in [2.75, 3.05) is 0 Å². The first-order chi connectivity index (χ1) is 12.1. The molecule has 2 aromatic rings. The number of benzene rings is 2. The van der Waals surface area contributed by atoms with Gasteiger partial charge in [0.1, 0.15) is 0 Å². The monoisotopic (exact) mass is 370 g/mol. The van der Waals surface area contributed by atoms with Gasteiger partial charge >= 0.3 is 12.4 Å². The van der Waals surface area contributed by atoms with Gasteiger partial charge in [-0.15, -0.1) is 0 Å². The summed E-state index contributed by atoms with van der Waals surface area (Å²) in [4.78, 5) is 11.7. The second kappa shape index (κ2) is 7.59. The lowest BCUT2D eigenvalue weighted by atomic mass is 10.1. The quantitative estimate of drug-likeness (QED) is 0.475. The van der Waals surface area contributed by atoms with Gasteiger partial charge in [-0.05, 0) is 47.5 Å². The summed E-state index contributed by atoms with van der Waals surface area (Å²) in [6.45, 7) is 0. The molecule has 26 heavy (non-hydrogen) atoms. The maximum atomic E-state index is 12.4. The molecule has 0 aliphatic carbocycles. The number of alkyl halides is 6. The topological polar surface area (TPSA) is 17.1 Å². The van der Waals surface area contributed by atoms with Gasteiger partial charge in [-0.1, -0.05) is 36.4 Å². The fourth-order valence-corrected chi connectivity index (χ4v) is 1.98. The molecule has 2 rings (SSSR count). The van der Waals surface area contributed by atoms with Gasteiger partial charge in [-0.25, -0.2) is 0 Å². The van der Waals surface area contributed by atoms with Gasteiger partial charge in [0.25, 0.3) is 0 Å². The van der Waals surface area contributed by atoms with Crippen molar-refractivity contribution in [2.24, 2.45) is 0 Å². The second-order valence-corrected chi connectivity index (χ2v) is 5.31. The lowest BCUT2D eigenvalue weighted by Crippen LogP contribution is -2.04. The average molecular weight is 370 g/mol. The van der Waals surface area contributed by atoms with Gasteiger partial charge in [-0.2, -0.15) is 26.3 Å². The number of allylic oxidation sites excluding steroid dienone is 2. The highest BCUT2D eigenvalue weighted by Gasteiger charge is 2.30. The predicted molar refractivity (Wildman–Crippen MR) is 86.0 cm³/mol. The molecule has 0 saturated heterocycles. The van der Waals surface area contributed by atoms with Gasteiger partial charge < -0.3 is 0 Å². The lowest BCUT2D eigenvalue weighted by molar-refractivity contribution is -0.138. The Balaban J connectivity index is 1.99. The number of carbonyl (C=O) groups excluding carboxylic acids is 1. The van der Waals surface area contributed by atoms with E-state index in [0.717, 1.165) is 36.4 Å². The van der Waals surface area contributed by atoms with Crippen LogP contribution in [-0.2, 0) is 17.1 Å². The van der Waals surface area contributed by atoms with Crippen molar-refractivity contribution in [3.63, 3.8) is 0 Å². The highest BCUT2D eigenvalue weighted by Crippen LogP contribution is 2.30. The van der Waals surface area contributed by atoms with Crippen molar-refractivity contribution in [1.29, 1.82) is 0 Å². The maximum absolute atomic E-state index is 12.4. The van der Waals surface area contributed by atoms with Crippen LogP contribution in [0, 0.1) is 0 Å². The number of hydrogen-bond acceptors (Lipinski definition) is 1. The highest BCUT2D eigenvalue weighted by molar-refractivity contribution is 6.04. The molecule has 136 valence electrons. The van der Waals surface area contributed by atoms with Crippen LogP contribution in [-0.4, -0.2) is 5.78 Å². The smallest absolute Gasteiger partial charge is 0.290 e. The molecule has 0 saturated carbocycles. The Labute approximate surface area is 145 Å². The minimum atomic E-state index is -4.43. The van der Waals surface area contributed by atoms with E-state index in [9.17, 15) is 31.1 Å². The molecule has 0 N–H and O–H groups in total. The molecule has 0 heterocycles. The molecule has 0 unspecified atom stereocenters. The molecule has 2 aromatic carbocycles. The fraction of sp³-hybridized carbons (Fsp3) is 0.105. The molecular weight excluding hydrogens is 358 g/mol. The Hall–Kier alpha value is -2.83. The molecule has 7 heteroatoms. The summed E-state index contributed by atoms with van der Waals surface area (Å²) in [7, 11) is 0. The summed E-state index contributed by atoms with van der Waals surface area (Å²) in [5.74, 6) is -0.454. The molecule has 0 atom stereocenters. The van der Waals surface area contributed by atoms with Gasteiger partial charge in [0, 0.05) is 0 Å². The lowest BCUT2D eigenvalue weighted by Gasteiger charge is -2.05. The van der Waals surface area contributed by atoms with E-state index in [0.29, 0.717) is 11.1 Å². The van der Waals surface area contributed by atoms with Crippen LogP contribution < -0.4 is 0 Å². The van der Waals surface area contributed by atoms with Gasteiger partial charge in [-0.3, -0.25) is 4.79 Å². The molecule has 1 nitrogen and oxygen atoms in total. The van der Waals surface area contributed by atoms with Crippen molar-refractivity contribution >= 4 is 17.9 Å². The zero-order valence-electron chi connectivity index (χ0n) is 13.1. The number of ketones is 1. The molecule has 0 radical (unpaired) electrons. The van der Waals surface area contributed by atoms with E-state index < -0.39 is 29.3 Å². The van der Waals surface area contributed by atoms with E-state index in [1.807, 2.05) is 0 Å². The highest BCUT2D eigenvalue weighted by atomic mass is 19.4. The van der Waals surface area contributed by atoms with Crippen LogP contribution in [0.5, 0.6) is 0 Å². The first-order valence-corrected chi connectivity index (χ1v) is 7.30. The van der Waals surface area contributed by atoms with E-state index in [-0.39, 0.29) is 0 Å². The van der Waals surface area contributed by atoms with E-state index in [2.05, 4.69) is 0 Å². The fourth-order valence-electron chi connectivity index (χ4n) is 1.98. The largest absolute Gasteiger partial charge is 0.416 e. The molecule has 0 fully saturated rings. The summed E-state index contributed by atoms with van der Waals surface area (Å²) in [6.07, 6.45) is -3.85. The third-order valence-corrected chi connectivity index (χ3v) is 3.36. The predicted octanol–water partition coefficient (Wildman–Crippen LogP) is 6.02. The van der Waals surface area contributed by atoms with Crippen molar-refractivity contribution < 1.29 is 31.1 Å². The average Bonchev–Trinajstić information content (AvgIpc) is 2.57. The van der Waals surface area contributed by atoms with Crippen LogP contribution in [0.1, 0.15) is 22.3 Å². The van der Waals surface area contributed by atoms with E-state index >= 15 is 0 Å². The summed E-state index contributed by atoms with van der Waals surface area (Å²) in [5, 5.41) is 0. The van der Waals surface area contributed by atoms with E-state index in [4.69, 9.17) is 0 Å². The van der Waals surface area contributed by atoms with Gasteiger partial charge in [0.05, 0.1) is 11.1 Å². The molecule has 0 aliphatic rings. The van der Waals surface area contributed by atoms with Crippen LogP contribution in [0.25, 0.3) is 12.2 Å². The zero-order chi connectivity index (χ0) is 19.4. The first kappa shape index (κ1) is 19.5. The van der Waals surface area contributed by atoms with Crippen molar-refractivity contribution in [3.05, 3.63) is 82.9 Å². The minimum Gasteiger partial charge on any atom is -0.290 e. The van der Waals surface area contributed by atoms with Crippen molar-refractivity contribution in [1.82, 2.24) is 0 Å². The molecule has 0 bridgehead atoms. The van der Waals surface area contributed by atoms with E-state index in [1.54, 1.807) is 0 Å². The van der Waals surface area contributed by atoms with Crippen LogP contribution in [0.3, 0.4) is 0 Å². The minimum absolute atomic E-state index is 0.411. The second-order valence-electron chi connectivity index (χ2n) is 5.31. The molecule has 0 aromatic heterocycles. The summed E-state index contributed by atoms with van der Waals surface area (Å²) >= 11 is 0. The van der Waals surface area contributed by atoms with Crippen molar-refractivity contribution in [3.8, 4) is 0 Å². The number of carbonyl (C=O) groups is 1. The number of halogens is 6. The maximum Gasteiger partial charge on any atom is 0.416 e. The first-order valence-electron chi connectivity index (χ1n) is 7.30. The van der Waals surface area contributed by atoms with Crippen LogP contribution in [0.4, 0.5) is 26.3 Å². The van der Waals surface area contributed by atoms with Gasteiger partial charge in [0.2, 0.25) is 0 Å². The standard InChI is InChI=1S/C19H12F6O/c20-18(21,22)15-7-1-13(2-8-15)5-11-17(26)12-6-14-3-9-16(10-4-14)19(23,24)25/h1-12H/b11-5+,12-6+. The third-order valence-electron chi connectivity index (χ3n) is 3.36. The number of rotatable bonds is 4. The van der Waals surface area contributed by atoms with Crippen LogP contribution >= 0.6 is 0 Å². The Morgan fingerprint density at radius 1 is 0.615 bits per heavy atom. The van der Waals surface area contributed by atoms with Crippen LogP contribution in [0.15, 0.2) is 60.7 Å². The molecule has 0 aliphatic heterocycles. The third kappa shape index (κ3) is 5.61. The van der Waals surface area contributed by atoms with Gasteiger partial charge in [0.15, 0.2) is 5.78 Å². The summed E-state index contributed by atoms with van der Waals surface area (Å²) in [5.41, 5.74) is -0.755. The molecular formula is C19H12F6O. The van der Waals surface area contributed by atoms with E-state index in [1.165, 1.54) is 36.4 Å². The van der Waals surface area contributed by atoms with Crippen LogP contribution in [0.2, 0.25) is 0 Å². The Bertz CT molecular complexity index is 740. The number of hydrogen-bond donors (Lipinski definition) is 0. The Kier molecular flexibility index (Phi) is 5.69. The SMILES string of the molecule is O=C(/C=C/c1ccc(C(F)(F)F)cc1)/C=C/c1ccc(C(F)(F)F)cc1. The van der Waals surface area contributed by atoms with Crippen molar-refractivity contribution in [2.45, 2.75) is 12.4 Å². The normalized spacial score (nSPS) is 12.8. The zero-order valence-corrected chi connectivity index (χ0v) is 13.1. The summed E-state index contributed by atoms with van der Waals surface area (Å²) < 4.78 is 74.7. The Morgan fingerprint density at radius 2 is 0.923 bits per heavy atom. The molecule has 0 amide bonds. The molecule has 0 spiro atoms.